The number of nitrogens with zero attached hydrogens (tertiary/aromatic N) is 1. The number of likely N-dealkylation sites (tertiary alicyclic amines) is 1. The van der Waals surface area contributed by atoms with Crippen molar-refractivity contribution in [1.29, 1.82) is 0 Å². The third-order valence-corrected chi connectivity index (χ3v) is 15.8. The number of fused-ring (bicyclic) bond motifs is 1. The quantitative estimate of drug-likeness (QED) is 0.0364. The Hall–Kier alpha value is -7.17. The van der Waals surface area contributed by atoms with Crippen molar-refractivity contribution in [3.63, 3.8) is 0 Å². The summed E-state index contributed by atoms with van der Waals surface area (Å²) in [5, 5.41) is 60.2. The van der Waals surface area contributed by atoms with Gasteiger partial charge in [0, 0.05) is 67.7 Å². The number of phenolic OH excluding ortho intramolecular Hbond substituents is 1. The summed E-state index contributed by atoms with van der Waals surface area (Å²) in [4.78, 5) is 138. The van der Waals surface area contributed by atoms with E-state index in [0.29, 0.717) is 42.7 Å². The number of thioether (sulfide) groups is 1. The molecule has 89 heavy (non-hydrogen) atoms. The summed E-state index contributed by atoms with van der Waals surface area (Å²) in [5.41, 5.74) is 0.712. The molecule has 0 radical (unpaired) electrons. The van der Waals surface area contributed by atoms with E-state index in [1.807, 2.05) is 45.9 Å². The maximum atomic E-state index is 14.3. The first-order valence-electron chi connectivity index (χ1n) is 30.1. The van der Waals surface area contributed by atoms with Gasteiger partial charge in [-0.2, -0.15) is 0 Å². The highest BCUT2D eigenvalue weighted by molar-refractivity contribution is 8.13. The van der Waals surface area contributed by atoms with E-state index in [2.05, 4.69) is 42.2 Å². The van der Waals surface area contributed by atoms with E-state index < -0.39 is 126 Å². The number of hydrogen-bond donors (Lipinski definition) is 12. The number of hydrogen-bond acceptors (Lipinski definition) is 17. The molecule has 1 saturated heterocycles. The first-order chi connectivity index (χ1) is 41.9. The molecule has 1 aliphatic rings. The molecule has 2 aromatic carbocycles. The van der Waals surface area contributed by atoms with Crippen LogP contribution in [0.5, 0.6) is 5.75 Å². The lowest BCUT2D eigenvalue weighted by molar-refractivity contribution is -0.144. The van der Waals surface area contributed by atoms with E-state index in [0.717, 1.165) is 15.8 Å². The van der Waals surface area contributed by atoms with Crippen molar-refractivity contribution >= 4 is 81.0 Å². The van der Waals surface area contributed by atoms with Gasteiger partial charge in [0.25, 0.3) is 0 Å². The molecule has 8 atom stereocenters. The molecular formula is C62H93N9O17S. The lowest BCUT2D eigenvalue weighted by atomic mass is 9.88. The van der Waals surface area contributed by atoms with Gasteiger partial charge in [0.15, 0.2) is 5.12 Å². The molecule has 0 spiro atoms. The second kappa shape index (κ2) is 35.9. The van der Waals surface area contributed by atoms with Crippen molar-refractivity contribution < 1.29 is 82.6 Å². The third kappa shape index (κ3) is 24.6. The number of para-hydroxylation sites is 1. The fourth-order valence-electron chi connectivity index (χ4n) is 9.73. The summed E-state index contributed by atoms with van der Waals surface area (Å²) in [6.07, 6.45) is 1.62. The number of phenols is 1. The molecule has 0 saturated carbocycles. The van der Waals surface area contributed by atoms with E-state index in [1.54, 1.807) is 40.0 Å². The number of carboxylic acid groups (broad SMARTS) is 1. The molecule has 0 bridgehead atoms. The molecule has 26 nitrogen and oxygen atoms in total. The average molecular weight is 1270 g/mol. The zero-order chi connectivity index (χ0) is 66.2. The summed E-state index contributed by atoms with van der Waals surface area (Å²) in [5.74, 6) is -7.57. The van der Waals surface area contributed by atoms with Crippen molar-refractivity contribution in [2.45, 2.75) is 168 Å². The maximum Gasteiger partial charge on any atom is 0.326 e. The van der Waals surface area contributed by atoms with Gasteiger partial charge in [0.05, 0.1) is 38.1 Å². The molecule has 12 N–H and O–H groups in total. The number of aromatic hydroxyl groups is 1. The van der Waals surface area contributed by atoms with Crippen LogP contribution in [0.2, 0.25) is 0 Å². The molecule has 3 aromatic rings. The van der Waals surface area contributed by atoms with Crippen LogP contribution in [0.25, 0.3) is 10.9 Å². The molecule has 1 aromatic heterocycles. The Kier molecular flexibility index (Phi) is 29.9. The Labute approximate surface area is 524 Å². The minimum absolute atomic E-state index is 0.00417. The number of H-pyrrole nitrogens is 1. The van der Waals surface area contributed by atoms with Gasteiger partial charge < -0.3 is 81.7 Å². The Morgan fingerprint density at radius 1 is 0.730 bits per heavy atom. The number of amides is 8. The summed E-state index contributed by atoms with van der Waals surface area (Å²) >= 11 is 1.25. The SMILES string of the molecule is CC(=O)SCCC(C)(C)OCCC(C)(C)C(=O)NCCOCCOCC(=O)NC(CC(C)C)C(=O)NC(C(=O)NC(C(=O)NC(CO)C(=O)N1CCCC1C(=O)NC(Cc1c[nH]c2ccccc12)C(=O)NC(Cc1ccc(O)cc1)C(=O)O)C(C)C)C(C)O. The number of nitrogens with one attached hydrogen (secondary N) is 8. The molecule has 8 unspecified atom stereocenters. The first-order valence-corrected chi connectivity index (χ1v) is 31.1. The van der Waals surface area contributed by atoms with Gasteiger partial charge in [-0.15, -0.1) is 0 Å². The second-order valence-corrected chi connectivity index (χ2v) is 25.6. The minimum atomic E-state index is -1.65. The predicted molar refractivity (Wildman–Crippen MR) is 332 cm³/mol. The monoisotopic (exact) mass is 1270 g/mol. The van der Waals surface area contributed by atoms with Crippen LogP contribution in [0.15, 0.2) is 54.7 Å². The third-order valence-electron chi connectivity index (χ3n) is 15.0. The molecule has 1 aliphatic heterocycles. The fourth-order valence-corrected chi connectivity index (χ4v) is 10.6. The van der Waals surface area contributed by atoms with Crippen LogP contribution in [0, 0.1) is 17.3 Å². The number of carboxylic acids is 1. The summed E-state index contributed by atoms with van der Waals surface area (Å²) < 4.78 is 17.0. The highest BCUT2D eigenvalue weighted by atomic mass is 32.2. The van der Waals surface area contributed by atoms with E-state index in [9.17, 15) is 68.4 Å². The zero-order valence-corrected chi connectivity index (χ0v) is 53.6. The van der Waals surface area contributed by atoms with Gasteiger partial charge in [-0.25, -0.2) is 4.79 Å². The van der Waals surface area contributed by atoms with Gasteiger partial charge in [-0.1, -0.05) is 83.6 Å². The van der Waals surface area contributed by atoms with E-state index in [4.69, 9.17) is 14.2 Å². The largest absolute Gasteiger partial charge is 0.508 e. The van der Waals surface area contributed by atoms with Crippen LogP contribution in [0.3, 0.4) is 0 Å². The van der Waals surface area contributed by atoms with Crippen molar-refractivity contribution in [1.82, 2.24) is 47.1 Å². The number of rotatable bonds is 38. The van der Waals surface area contributed by atoms with Gasteiger partial charge in [0.1, 0.15) is 54.6 Å². The maximum absolute atomic E-state index is 14.3. The van der Waals surface area contributed by atoms with Crippen molar-refractivity contribution in [2.75, 3.05) is 58.5 Å². The Bertz CT molecular complexity index is 2860. The molecule has 1 fully saturated rings. The van der Waals surface area contributed by atoms with Crippen molar-refractivity contribution in [3.05, 3.63) is 65.9 Å². The summed E-state index contributed by atoms with van der Waals surface area (Å²) in [7, 11) is 0. The van der Waals surface area contributed by atoms with Gasteiger partial charge in [-0.3, -0.25) is 43.2 Å². The Balaban J connectivity index is 1.31. The lowest BCUT2D eigenvalue weighted by Gasteiger charge is -2.31. The number of carbonyl (C=O) groups is 10. The molecule has 27 heteroatoms. The van der Waals surface area contributed by atoms with E-state index >= 15 is 0 Å². The Morgan fingerprint density at radius 3 is 2.01 bits per heavy atom. The molecule has 2 heterocycles. The smallest absolute Gasteiger partial charge is 0.326 e. The Morgan fingerprint density at radius 2 is 1.37 bits per heavy atom. The number of aromatic amines is 1. The topological polar surface area (TPSA) is 383 Å². The van der Waals surface area contributed by atoms with Crippen molar-refractivity contribution in [3.8, 4) is 5.75 Å². The van der Waals surface area contributed by atoms with Gasteiger partial charge in [-0.05, 0) is 94.0 Å². The van der Waals surface area contributed by atoms with Crippen molar-refractivity contribution in [2.24, 2.45) is 17.3 Å². The predicted octanol–water partition coefficient (Wildman–Crippen LogP) is 1.75. The van der Waals surface area contributed by atoms with E-state index in [1.165, 1.54) is 49.9 Å². The molecule has 0 aliphatic carbocycles. The number of aliphatic hydroxyl groups is 2. The van der Waals surface area contributed by atoms with Crippen LogP contribution < -0.4 is 37.2 Å². The van der Waals surface area contributed by atoms with Crippen LogP contribution in [-0.2, 0) is 75.0 Å². The molecule has 4 rings (SSSR count). The average Bonchev–Trinajstić information content (AvgIpc) is 3.75. The highest BCUT2D eigenvalue weighted by Crippen LogP contribution is 2.26. The van der Waals surface area contributed by atoms with Crippen LogP contribution in [-0.4, -0.2) is 201 Å². The number of aromatic nitrogens is 1. The summed E-state index contributed by atoms with van der Waals surface area (Å²) in [6.45, 7) is 16.6. The number of aliphatic hydroxyl groups excluding tert-OH is 2. The molecule has 494 valence electrons. The van der Waals surface area contributed by atoms with Crippen LogP contribution >= 0.6 is 11.8 Å². The van der Waals surface area contributed by atoms with Crippen LogP contribution in [0.1, 0.15) is 112 Å². The number of aliphatic carboxylic acids is 1. The highest BCUT2D eigenvalue weighted by Gasteiger charge is 2.41. The van der Waals surface area contributed by atoms with E-state index in [-0.39, 0.29) is 81.3 Å². The van der Waals surface area contributed by atoms with Gasteiger partial charge >= 0.3 is 5.97 Å². The zero-order valence-electron chi connectivity index (χ0n) is 52.7. The number of carbonyl (C=O) groups excluding carboxylic acids is 9. The second-order valence-electron chi connectivity index (χ2n) is 24.3. The molecule has 8 amide bonds. The fraction of sp³-hybridized carbons (Fsp3) is 0.613. The number of benzene rings is 2. The summed E-state index contributed by atoms with van der Waals surface area (Å²) in [6, 6.07) is 3.15. The van der Waals surface area contributed by atoms with Gasteiger partial charge in [0.2, 0.25) is 47.3 Å². The minimum Gasteiger partial charge on any atom is -0.508 e. The van der Waals surface area contributed by atoms with Crippen LogP contribution in [0.4, 0.5) is 0 Å². The molecular weight excluding hydrogens is 1170 g/mol. The first kappa shape index (κ1) is 74.3. The number of ether oxygens (including phenoxy) is 3. The standard InChI is InChI=1S/C62H93N9O17S/c1-36(2)30-45(65-50(76)35-87-28-27-86-26-23-63-60(85)61(7,8)21-25-88-62(9,10)22-29-89-39(6)74)54(78)70-52(38(5)73)57(81)69-51(37(3)4)56(80)68-48(34-72)58(82)71-24-13-16-49(71)55(79)66-46(32-41-33-64-44-15-12-11-14-43(41)44)53(77)67-47(59(83)84)31-40-17-19-42(75)20-18-40/h11-12,14-15,17-20,33,36-38,45-49,51-52,64,72-73,75H,13,16,21-32,34-35H2,1-10H3,(H,63,85)(H,65,76)(H,66,79)(H,67,77)(H,68,80)(H,69,81)(H,70,78)(H,83,84). The lowest BCUT2D eigenvalue weighted by Crippen LogP contribution is -2.62. The normalized spacial score (nSPS) is 15.9.